The molecule has 0 spiro atoms. The van der Waals surface area contributed by atoms with Gasteiger partial charge in [0, 0.05) is 24.8 Å². The van der Waals surface area contributed by atoms with Crippen molar-refractivity contribution in [2.24, 2.45) is 29.6 Å². The molecule has 41 heavy (non-hydrogen) atoms. The van der Waals surface area contributed by atoms with Gasteiger partial charge in [0.05, 0.1) is 19.0 Å². The molecule has 0 saturated carbocycles. The summed E-state index contributed by atoms with van der Waals surface area (Å²) in [5.41, 5.74) is 0. The monoisotopic (exact) mass is 582 g/mol. The minimum Gasteiger partial charge on any atom is -0.481 e. The maximum atomic E-state index is 13.0. The van der Waals surface area contributed by atoms with Gasteiger partial charge >= 0.3 is 5.97 Å². The van der Waals surface area contributed by atoms with E-state index in [2.05, 4.69) is 35.1 Å². The van der Waals surface area contributed by atoms with E-state index >= 15 is 0 Å². The van der Waals surface area contributed by atoms with Crippen molar-refractivity contribution in [1.82, 2.24) is 21.3 Å². The average Bonchev–Trinajstić information content (AvgIpc) is 2.86. The van der Waals surface area contributed by atoms with Crippen LogP contribution in [0.15, 0.2) is 0 Å². The van der Waals surface area contributed by atoms with Crippen LogP contribution in [0.3, 0.4) is 0 Å². The van der Waals surface area contributed by atoms with Crippen LogP contribution in [0.25, 0.3) is 0 Å². The number of Topliss-reactive ketones (excluding diaryl/α,β-unsaturated/α-hetero) is 1. The number of amides is 4. The molecular weight excluding hydrogens is 528 g/mol. The first-order valence-electron chi connectivity index (χ1n) is 14.9. The second-order valence-corrected chi connectivity index (χ2v) is 12.3. The van der Waals surface area contributed by atoms with Crippen molar-refractivity contribution in [3.05, 3.63) is 0 Å². The van der Waals surface area contributed by atoms with Crippen LogP contribution in [0.2, 0.25) is 0 Å². The lowest BCUT2D eigenvalue weighted by Gasteiger charge is -2.26. The highest BCUT2D eigenvalue weighted by atomic mass is 16.4. The van der Waals surface area contributed by atoms with E-state index in [9.17, 15) is 28.8 Å². The van der Waals surface area contributed by atoms with E-state index in [-0.39, 0.29) is 60.7 Å². The van der Waals surface area contributed by atoms with Gasteiger partial charge in [0.1, 0.15) is 6.04 Å². The zero-order chi connectivity index (χ0) is 31.7. The highest BCUT2D eigenvalue weighted by Gasteiger charge is 2.29. The van der Waals surface area contributed by atoms with Gasteiger partial charge in [-0.15, -0.1) is 0 Å². The second-order valence-electron chi connectivity index (χ2n) is 12.3. The third kappa shape index (κ3) is 17.4. The molecule has 0 aromatic carbocycles. The third-order valence-corrected chi connectivity index (χ3v) is 6.69. The maximum Gasteiger partial charge on any atom is 0.303 e. The smallest absolute Gasteiger partial charge is 0.303 e. The van der Waals surface area contributed by atoms with Crippen molar-refractivity contribution in [2.75, 3.05) is 13.1 Å². The molecule has 0 heterocycles. The van der Waals surface area contributed by atoms with Gasteiger partial charge in [-0.3, -0.25) is 28.8 Å². The summed E-state index contributed by atoms with van der Waals surface area (Å²) in [6.07, 6.45) is 2.27. The molecule has 0 aliphatic carbocycles. The molecule has 0 rings (SSSR count). The van der Waals surface area contributed by atoms with Crippen LogP contribution in [0.4, 0.5) is 0 Å². The first kappa shape index (κ1) is 38.0. The van der Waals surface area contributed by atoms with E-state index in [4.69, 9.17) is 5.11 Å². The SMILES string of the molecule is CC(C)CC(NC(=O)C(CC(C)C)C(C)C)C(=O)NCC(=O)NC(CCCCNC(=O)CCC(=O)O)C(=O)C(C)C. The van der Waals surface area contributed by atoms with Crippen molar-refractivity contribution in [1.29, 1.82) is 0 Å². The van der Waals surface area contributed by atoms with Crippen LogP contribution in [0, 0.1) is 29.6 Å². The minimum absolute atomic E-state index is 0.0937. The molecule has 11 heteroatoms. The number of carboxylic acids is 1. The number of ketones is 1. The quantitative estimate of drug-likeness (QED) is 0.130. The van der Waals surface area contributed by atoms with Gasteiger partial charge in [0.15, 0.2) is 5.78 Å². The Bertz CT molecular complexity index is 871. The number of rotatable bonds is 21. The van der Waals surface area contributed by atoms with E-state index < -0.39 is 29.9 Å². The second kappa shape index (κ2) is 20.0. The van der Waals surface area contributed by atoms with Gasteiger partial charge in [-0.1, -0.05) is 55.4 Å². The zero-order valence-corrected chi connectivity index (χ0v) is 26.3. The molecule has 0 aromatic rings. The van der Waals surface area contributed by atoms with Crippen molar-refractivity contribution >= 4 is 35.4 Å². The van der Waals surface area contributed by atoms with Crippen molar-refractivity contribution in [3.8, 4) is 0 Å². The number of unbranched alkanes of at least 4 members (excludes halogenated alkanes) is 1. The van der Waals surface area contributed by atoms with Gasteiger partial charge in [0.2, 0.25) is 23.6 Å². The molecule has 5 N–H and O–H groups in total. The fourth-order valence-electron chi connectivity index (χ4n) is 4.41. The molecule has 3 atom stereocenters. The predicted octanol–water partition coefficient (Wildman–Crippen LogP) is 2.81. The highest BCUT2D eigenvalue weighted by Crippen LogP contribution is 2.21. The molecule has 0 radical (unpaired) electrons. The molecule has 0 aromatic heterocycles. The van der Waals surface area contributed by atoms with Gasteiger partial charge in [0.25, 0.3) is 0 Å². The molecule has 236 valence electrons. The number of nitrogens with one attached hydrogen (secondary N) is 4. The lowest BCUT2D eigenvalue weighted by Crippen LogP contribution is -2.52. The summed E-state index contributed by atoms with van der Waals surface area (Å²) in [5, 5.41) is 19.5. The minimum atomic E-state index is -1.04. The van der Waals surface area contributed by atoms with Crippen LogP contribution in [0.5, 0.6) is 0 Å². The van der Waals surface area contributed by atoms with Gasteiger partial charge < -0.3 is 26.4 Å². The Labute approximate surface area is 245 Å². The number of carboxylic acid groups (broad SMARTS) is 1. The molecule has 0 aliphatic heterocycles. The van der Waals surface area contributed by atoms with Crippen LogP contribution in [-0.2, 0) is 28.8 Å². The van der Waals surface area contributed by atoms with Crippen LogP contribution in [0.1, 0.15) is 100 Å². The number of carbonyl (C=O) groups is 6. The van der Waals surface area contributed by atoms with Crippen molar-refractivity contribution in [2.45, 2.75) is 112 Å². The fraction of sp³-hybridized carbons (Fsp3) is 0.800. The lowest BCUT2D eigenvalue weighted by molar-refractivity contribution is -0.138. The van der Waals surface area contributed by atoms with Gasteiger partial charge in [-0.2, -0.15) is 0 Å². The average molecular weight is 583 g/mol. The fourth-order valence-corrected chi connectivity index (χ4v) is 4.41. The summed E-state index contributed by atoms with van der Waals surface area (Å²) < 4.78 is 0. The number of aliphatic carboxylic acids is 1. The van der Waals surface area contributed by atoms with Crippen molar-refractivity contribution < 1.29 is 33.9 Å². The molecule has 0 aliphatic rings. The zero-order valence-electron chi connectivity index (χ0n) is 26.3. The Kier molecular flexibility index (Phi) is 18.5. The number of hydrogen-bond donors (Lipinski definition) is 5. The standard InChI is InChI=1S/C30H54N4O7/c1-18(2)15-22(20(5)6)29(40)34-24(16-19(3)4)30(41)32-17-26(36)33-23(28(39)21(7)8)11-9-10-14-31-25(35)12-13-27(37)38/h18-24H,9-17H2,1-8H3,(H,31,35)(H,32,41)(H,33,36)(H,34,40)(H,37,38). The predicted molar refractivity (Wildman–Crippen MR) is 158 cm³/mol. The molecule has 0 fully saturated rings. The molecule has 4 amide bonds. The summed E-state index contributed by atoms with van der Waals surface area (Å²) in [6, 6.07) is -1.52. The Balaban J connectivity index is 5.02. The third-order valence-electron chi connectivity index (χ3n) is 6.69. The van der Waals surface area contributed by atoms with E-state index in [1.54, 1.807) is 13.8 Å². The Morgan fingerprint density at radius 3 is 1.78 bits per heavy atom. The largest absolute Gasteiger partial charge is 0.481 e. The molecular formula is C30H54N4O7. The first-order valence-corrected chi connectivity index (χ1v) is 14.9. The Hall–Kier alpha value is -2.98. The number of carbonyl (C=O) groups excluding carboxylic acids is 5. The van der Waals surface area contributed by atoms with Crippen LogP contribution >= 0.6 is 0 Å². The van der Waals surface area contributed by atoms with Gasteiger partial charge in [-0.25, -0.2) is 0 Å². The first-order chi connectivity index (χ1) is 19.0. The van der Waals surface area contributed by atoms with E-state index in [0.29, 0.717) is 44.6 Å². The number of hydrogen-bond acceptors (Lipinski definition) is 6. The van der Waals surface area contributed by atoms with E-state index in [1.807, 2.05) is 27.7 Å². The molecule has 0 saturated heterocycles. The molecule has 11 nitrogen and oxygen atoms in total. The van der Waals surface area contributed by atoms with E-state index in [0.717, 1.165) is 0 Å². The summed E-state index contributed by atoms with van der Waals surface area (Å²) in [6.45, 7) is 15.5. The summed E-state index contributed by atoms with van der Waals surface area (Å²) in [7, 11) is 0. The normalized spacial score (nSPS) is 13.6. The summed E-state index contributed by atoms with van der Waals surface area (Å²) >= 11 is 0. The maximum absolute atomic E-state index is 13.0. The molecule has 0 bridgehead atoms. The lowest BCUT2D eigenvalue weighted by atomic mass is 9.86. The van der Waals surface area contributed by atoms with Crippen molar-refractivity contribution in [3.63, 3.8) is 0 Å². The van der Waals surface area contributed by atoms with Crippen LogP contribution < -0.4 is 21.3 Å². The topological polar surface area (TPSA) is 171 Å². The van der Waals surface area contributed by atoms with Crippen LogP contribution in [-0.4, -0.2) is 65.7 Å². The molecule has 3 unspecified atom stereocenters. The highest BCUT2D eigenvalue weighted by molar-refractivity contribution is 5.93. The Morgan fingerprint density at radius 1 is 0.659 bits per heavy atom. The Morgan fingerprint density at radius 2 is 1.27 bits per heavy atom. The summed E-state index contributed by atoms with van der Waals surface area (Å²) in [5.74, 6) is -2.58. The van der Waals surface area contributed by atoms with E-state index in [1.165, 1.54) is 0 Å². The summed E-state index contributed by atoms with van der Waals surface area (Å²) in [4.78, 5) is 73.6. The van der Waals surface area contributed by atoms with Gasteiger partial charge in [-0.05, 0) is 49.9 Å².